The zero-order chi connectivity index (χ0) is 19.7. The fourth-order valence-corrected chi connectivity index (χ4v) is 6.50. The van der Waals surface area contributed by atoms with Gasteiger partial charge in [-0.3, -0.25) is 4.72 Å². The minimum atomic E-state index is -3.63. The van der Waals surface area contributed by atoms with Crippen molar-refractivity contribution in [1.82, 2.24) is 4.98 Å². The molecule has 0 fully saturated rings. The highest BCUT2D eigenvalue weighted by Crippen LogP contribution is 2.29. The molecule has 0 saturated heterocycles. The third-order valence-electron chi connectivity index (χ3n) is 3.65. The molecule has 0 radical (unpaired) electrons. The monoisotopic (exact) mass is 444 g/mol. The number of hydrogen-bond acceptors (Lipinski definition) is 6. The molecule has 0 bridgehead atoms. The van der Waals surface area contributed by atoms with Gasteiger partial charge in [-0.25, -0.2) is 21.8 Å². The number of fused-ring (bicyclic) bond motifs is 1. The molecule has 144 valence electrons. The molecule has 3 aromatic rings. The van der Waals surface area contributed by atoms with Crippen LogP contribution >= 0.6 is 22.9 Å². The Morgan fingerprint density at radius 1 is 1.07 bits per heavy atom. The molecule has 10 heteroatoms. The van der Waals surface area contributed by atoms with Crippen molar-refractivity contribution in [2.75, 3.05) is 10.5 Å². The van der Waals surface area contributed by atoms with Gasteiger partial charge in [0.15, 0.2) is 0 Å². The summed E-state index contributed by atoms with van der Waals surface area (Å²) in [4.78, 5) is 4.16. The Hall–Kier alpha value is -1.68. The smallest absolute Gasteiger partial charge is 0.236 e. The predicted octanol–water partition coefficient (Wildman–Crippen LogP) is 4.08. The summed E-state index contributed by atoms with van der Waals surface area (Å²) in [6.45, 7) is 1.79. The van der Waals surface area contributed by atoms with E-state index in [1.165, 1.54) is 0 Å². The summed E-state index contributed by atoms with van der Waals surface area (Å²) in [5.41, 5.74) is 1.49. The van der Waals surface area contributed by atoms with Gasteiger partial charge in [0.1, 0.15) is 0 Å². The number of rotatable bonds is 7. The molecule has 0 spiro atoms. The van der Waals surface area contributed by atoms with Crippen LogP contribution in [-0.2, 0) is 25.6 Å². The fourth-order valence-electron chi connectivity index (χ4n) is 2.47. The van der Waals surface area contributed by atoms with Gasteiger partial charge < -0.3 is 0 Å². The third-order valence-corrected chi connectivity index (χ3v) is 8.56. The molecule has 1 N–H and O–H groups in total. The highest BCUT2D eigenvalue weighted by molar-refractivity contribution is 7.93. The van der Waals surface area contributed by atoms with Crippen LogP contribution in [0.15, 0.2) is 46.8 Å². The van der Waals surface area contributed by atoms with Crippen molar-refractivity contribution in [3.8, 4) is 0 Å². The van der Waals surface area contributed by atoms with E-state index in [0.717, 1.165) is 11.3 Å². The van der Waals surface area contributed by atoms with Crippen LogP contribution in [0.25, 0.3) is 10.2 Å². The lowest BCUT2D eigenvalue weighted by atomic mass is 10.2. The summed E-state index contributed by atoms with van der Waals surface area (Å²) in [7, 11) is -7.03. The van der Waals surface area contributed by atoms with Crippen molar-refractivity contribution in [2.45, 2.75) is 23.4 Å². The molecule has 0 saturated carbocycles. The van der Waals surface area contributed by atoms with E-state index in [-0.39, 0.29) is 15.8 Å². The standard InChI is InChI=1S/C17H17ClN2O4S3/c1-2-9-26(21,22)17-19-15-8-7-14(10-16(15)25-17)20-27(23,24)11-12-3-5-13(18)6-4-12/h3-8,10,20H,2,9,11H2,1H3. The number of sulfone groups is 1. The first-order chi connectivity index (χ1) is 12.7. The Labute approximate surface area is 167 Å². The summed E-state index contributed by atoms with van der Waals surface area (Å²) in [6, 6.07) is 11.3. The summed E-state index contributed by atoms with van der Waals surface area (Å²) in [5, 5.41) is 0.536. The number of anilines is 1. The van der Waals surface area contributed by atoms with Crippen LogP contribution < -0.4 is 4.72 Å². The first kappa shape index (κ1) is 20.1. The number of aromatic nitrogens is 1. The number of hydrogen-bond donors (Lipinski definition) is 1. The first-order valence-electron chi connectivity index (χ1n) is 8.07. The normalized spacial score (nSPS) is 12.4. The molecule has 27 heavy (non-hydrogen) atoms. The maximum absolute atomic E-state index is 12.4. The van der Waals surface area contributed by atoms with Crippen LogP contribution in [0.2, 0.25) is 5.02 Å². The first-order valence-corrected chi connectivity index (χ1v) is 12.6. The quantitative estimate of drug-likeness (QED) is 0.592. The van der Waals surface area contributed by atoms with Crippen LogP contribution in [0.1, 0.15) is 18.9 Å². The molecular weight excluding hydrogens is 428 g/mol. The maximum atomic E-state index is 12.4. The van der Waals surface area contributed by atoms with Gasteiger partial charge in [0.2, 0.25) is 24.2 Å². The van der Waals surface area contributed by atoms with Crippen LogP contribution in [-0.4, -0.2) is 27.6 Å². The van der Waals surface area contributed by atoms with Gasteiger partial charge in [0.05, 0.1) is 27.4 Å². The van der Waals surface area contributed by atoms with Crippen LogP contribution in [0, 0.1) is 0 Å². The van der Waals surface area contributed by atoms with E-state index in [4.69, 9.17) is 11.6 Å². The lowest BCUT2D eigenvalue weighted by Gasteiger charge is -2.08. The van der Waals surface area contributed by atoms with Gasteiger partial charge in [0, 0.05) is 5.02 Å². The second kappa shape index (κ2) is 7.75. The van der Waals surface area contributed by atoms with Crippen molar-refractivity contribution in [1.29, 1.82) is 0 Å². The van der Waals surface area contributed by atoms with Gasteiger partial charge in [-0.1, -0.05) is 30.7 Å². The van der Waals surface area contributed by atoms with Crippen LogP contribution in [0.3, 0.4) is 0 Å². The molecule has 1 heterocycles. The minimum Gasteiger partial charge on any atom is -0.283 e. The van der Waals surface area contributed by atoms with Crippen molar-refractivity contribution in [3.05, 3.63) is 53.1 Å². The van der Waals surface area contributed by atoms with Gasteiger partial charge >= 0.3 is 0 Å². The summed E-state index contributed by atoms with van der Waals surface area (Å²) in [6.07, 6.45) is 0.508. The van der Waals surface area contributed by atoms with E-state index >= 15 is 0 Å². The molecule has 1 aromatic heterocycles. The highest BCUT2D eigenvalue weighted by atomic mass is 35.5. The summed E-state index contributed by atoms with van der Waals surface area (Å²) in [5.74, 6) is -0.158. The zero-order valence-electron chi connectivity index (χ0n) is 14.3. The maximum Gasteiger partial charge on any atom is 0.236 e. The number of sulfonamides is 1. The third kappa shape index (κ3) is 4.98. The zero-order valence-corrected chi connectivity index (χ0v) is 17.6. The number of benzene rings is 2. The van der Waals surface area contributed by atoms with Crippen molar-refractivity contribution in [2.24, 2.45) is 0 Å². The van der Waals surface area contributed by atoms with Gasteiger partial charge in [-0.2, -0.15) is 0 Å². The van der Waals surface area contributed by atoms with Gasteiger partial charge in [0.25, 0.3) is 0 Å². The average molecular weight is 445 g/mol. The van der Waals surface area contributed by atoms with Crippen LogP contribution in [0.5, 0.6) is 0 Å². The number of thiazole rings is 1. The number of halogens is 1. The Kier molecular flexibility index (Phi) is 5.76. The van der Waals surface area contributed by atoms with Gasteiger partial charge in [-0.05, 0) is 42.3 Å². The van der Waals surface area contributed by atoms with E-state index in [1.54, 1.807) is 49.4 Å². The van der Waals surface area contributed by atoms with Crippen molar-refractivity contribution in [3.63, 3.8) is 0 Å². The Balaban J connectivity index is 1.83. The lowest BCUT2D eigenvalue weighted by Crippen LogP contribution is -2.14. The molecule has 0 aliphatic carbocycles. The SMILES string of the molecule is CCCS(=O)(=O)c1nc2ccc(NS(=O)(=O)Cc3ccc(Cl)cc3)cc2s1. The molecule has 2 aromatic carbocycles. The van der Waals surface area contributed by atoms with E-state index in [0.29, 0.717) is 32.9 Å². The highest BCUT2D eigenvalue weighted by Gasteiger charge is 2.19. The van der Waals surface area contributed by atoms with Crippen molar-refractivity contribution >= 4 is 58.7 Å². The molecule has 0 aliphatic rings. The molecule has 0 atom stereocenters. The summed E-state index contributed by atoms with van der Waals surface area (Å²) >= 11 is 6.85. The largest absolute Gasteiger partial charge is 0.283 e. The molecular formula is C17H17ClN2O4S3. The topological polar surface area (TPSA) is 93.2 Å². The summed E-state index contributed by atoms with van der Waals surface area (Å²) < 4.78 is 52.3. The Morgan fingerprint density at radius 3 is 2.44 bits per heavy atom. The van der Waals surface area contributed by atoms with Crippen molar-refractivity contribution < 1.29 is 16.8 Å². The molecule has 0 amide bonds. The molecule has 0 aliphatic heterocycles. The average Bonchev–Trinajstić information content (AvgIpc) is 3.00. The van der Waals surface area contributed by atoms with E-state index in [9.17, 15) is 16.8 Å². The molecule has 3 rings (SSSR count). The van der Waals surface area contributed by atoms with E-state index < -0.39 is 19.9 Å². The van der Waals surface area contributed by atoms with E-state index in [2.05, 4.69) is 9.71 Å². The second-order valence-corrected chi connectivity index (χ2v) is 11.4. The molecule has 0 unspecified atom stereocenters. The minimum absolute atomic E-state index is 0.0351. The number of nitrogens with zero attached hydrogens (tertiary/aromatic N) is 1. The fraction of sp³-hybridized carbons (Fsp3) is 0.235. The predicted molar refractivity (Wildman–Crippen MR) is 110 cm³/mol. The Morgan fingerprint density at radius 2 is 1.78 bits per heavy atom. The lowest BCUT2D eigenvalue weighted by molar-refractivity contribution is 0.593. The van der Waals surface area contributed by atoms with Crippen LogP contribution in [0.4, 0.5) is 5.69 Å². The second-order valence-electron chi connectivity index (χ2n) is 5.97. The van der Waals surface area contributed by atoms with E-state index in [1.807, 2.05) is 0 Å². The number of nitrogens with one attached hydrogen (secondary N) is 1. The van der Waals surface area contributed by atoms with Gasteiger partial charge in [-0.15, -0.1) is 11.3 Å². The Bertz CT molecular complexity index is 1170. The molecule has 6 nitrogen and oxygen atoms in total.